The summed E-state index contributed by atoms with van der Waals surface area (Å²) in [4.78, 5) is 36.2. The molecule has 0 aromatic carbocycles. The van der Waals surface area contributed by atoms with Crippen molar-refractivity contribution < 1.29 is 33.0 Å². The molecule has 0 unspecified atom stereocenters. The summed E-state index contributed by atoms with van der Waals surface area (Å²) in [5.74, 6) is -2.77. The van der Waals surface area contributed by atoms with E-state index in [1.165, 1.54) is 0 Å². The third-order valence-electron chi connectivity index (χ3n) is 5.62. The highest BCUT2D eigenvalue weighted by molar-refractivity contribution is 7.89. The maximum atomic E-state index is 12.5. The molecule has 2 aliphatic heterocycles. The zero-order valence-corrected chi connectivity index (χ0v) is 14.6. The Kier molecular flexibility index (Phi) is 4.82. The van der Waals surface area contributed by atoms with E-state index >= 15 is 0 Å². The average Bonchev–Trinajstić information content (AvgIpc) is 2.77. The van der Waals surface area contributed by atoms with Crippen LogP contribution >= 0.6 is 12.3 Å². The number of carbonyl (C=O) groups is 3. The Morgan fingerprint density at radius 3 is 2.92 bits per heavy atom. The Morgan fingerprint density at radius 1 is 1.56 bits per heavy atom. The third kappa shape index (κ3) is 2.65. The summed E-state index contributed by atoms with van der Waals surface area (Å²) in [6.07, 6.45) is 5.28. The lowest BCUT2D eigenvalue weighted by Gasteiger charge is -2.54. The van der Waals surface area contributed by atoms with Crippen molar-refractivity contribution in [2.24, 2.45) is 11.8 Å². The van der Waals surface area contributed by atoms with Gasteiger partial charge in [0.25, 0.3) is 0 Å². The quantitative estimate of drug-likeness (QED) is 0.358. The molecule has 8 nitrogen and oxygen atoms in total. The summed E-state index contributed by atoms with van der Waals surface area (Å²) >= 11 is -0.0523. The molecule has 0 saturated carbocycles. The largest absolute Gasteiger partial charge is 0.453 e. The Bertz CT molecular complexity index is 624. The van der Waals surface area contributed by atoms with E-state index in [2.05, 4.69) is 9.50 Å². The molecular weight excluding hydrogens is 350 g/mol. The Balaban J connectivity index is 1.81. The number of allylic oxidation sites excluding steroid dienone is 1. The molecule has 0 aromatic rings. The fourth-order valence-electron chi connectivity index (χ4n) is 4.23. The van der Waals surface area contributed by atoms with Gasteiger partial charge in [-0.2, -0.15) is 0 Å². The van der Waals surface area contributed by atoms with Gasteiger partial charge in [-0.25, -0.2) is 4.79 Å². The van der Waals surface area contributed by atoms with E-state index in [9.17, 15) is 19.5 Å². The van der Waals surface area contributed by atoms with Gasteiger partial charge in [-0.3, -0.25) is 14.1 Å². The first-order valence-electron chi connectivity index (χ1n) is 8.28. The molecule has 3 N–H and O–H groups in total. The van der Waals surface area contributed by atoms with Gasteiger partial charge in [-0.15, -0.1) is 0 Å². The zero-order valence-electron chi connectivity index (χ0n) is 13.8. The highest BCUT2D eigenvalue weighted by atomic mass is 32.2. The lowest BCUT2D eigenvalue weighted by molar-refractivity contribution is -0.238. The molecular formula is C16H21NO7S. The topological polar surface area (TPSA) is 122 Å². The van der Waals surface area contributed by atoms with Crippen LogP contribution in [0.15, 0.2) is 12.2 Å². The van der Waals surface area contributed by atoms with E-state index in [-0.39, 0.29) is 31.1 Å². The normalized spacial score (nSPS) is 37.6. The van der Waals surface area contributed by atoms with Crippen LogP contribution in [0.3, 0.4) is 0 Å². The lowest BCUT2D eigenvalue weighted by atomic mass is 9.64. The Hall–Kier alpha value is -1.58. The second-order valence-corrected chi connectivity index (χ2v) is 7.20. The molecule has 138 valence electrons. The van der Waals surface area contributed by atoms with E-state index in [0.29, 0.717) is 0 Å². The van der Waals surface area contributed by atoms with Gasteiger partial charge < -0.3 is 19.3 Å². The number of hydrogen-bond acceptors (Lipinski definition) is 8. The first-order valence-corrected chi connectivity index (χ1v) is 8.97. The number of ether oxygens (including phenoxy) is 1. The Morgan fingerprint density at radius 2 is 2.32 bits per heavy atom. The summed E-state index contributed by atoms with van der Waals surface area (Å²) in [5, 5.41) is 13.5. The molecule has 2 saturated heterocycles. The molecule has 3 rings (SSSR count). The standard InChI is InChI=1S/C16H21NO7S/c1-15-10(7-8-11(18)24-25-22)13(20)17-16(15,14(21)23-15)12(19)9-5-3-2-4-6-9/h3,5,9-10,12,19,22H,2,4,6-8H2,1H3,(H,17,20)/t9-,10+,12+,15+,16+/m1/s1. The molecule has 0 radical (unpaired) electrons. The predicted molar refractivity (Wildman–Crippen MR) is 86.9 cm³/mol. The molecule has 3 aliphatic rings. The maximum Gasteiger partial charge on any atom is 0.339 e. The van der Waals surface area contributed by atoms with Crippen molar-refractivity contribution in [3.05, 3.63) is 12.2 Å². The maximum absolute atomic E-state index is 12.5. The first kappa shape index (κ1) is 18.2. The van der Waals surface area contributed by atoms with E-state index in [0.717, 1.165) is 19.3 Å². The number of fused-ring (bicyclic) bond motifs is 1. The van der Waals surface area contributed by atoms with Gasteiger partial charge in [0.05, 0.1) is 12.0 Å². The molecule has 0 spiro atoms. The summed E-state index contributed by atoms with van der Waals surface area (Å²) in [7, 11) is 0. The van der Waals surface area contributed by atoms with E-state index < -0.39 is 41.0 Å². The number of rotatable bonds is 6. The summed E-state index contributed by atoms with van der Waals surface area (Å²) < 4.78 is 18.2. The van der Waals surface area contributed by atoms with Crippen molar-refractivity contribution in [3.63, 3.8) is 0 Å². The smallest absolute Gasteiger partial charge is 0.339 e. The third-order valence-corrected chi connectivity index (χ3v) is 5.88. The molecule has 5 atom stereocenters. The molecule has 2 heterocycles. The molecule has 25 heavy (non-hydrogen) atoms. The molecule has 1 aliphatic carbocycles. The summed E-state index contributed by atoms with van der Waals surface area (Å²) in [5.41, 5.74) is -2.71. The van der Waals surface area contributed by atoms with Gasteiger partial charge in [0.1, 0.15) is 0 Å². The van der Waals surface area contributed by atoms with Gasteiger partial charge >= 0.3 is 11.9 Å². The second kappa shape index (κ2) is 6.62. The van der Waals surface area contributed by atoms with Crippen LogP contribution in [-0.4, -0.2) is 44.7 Å². The zero-order chi connectivity index (χ0) is 18.2. The molecule has 9 heteroatoms. The van der Waals surface area contributed by atoms with Crippen LogP contribution < -0.4 is 5.32 Å². The van der Waals surface area contributed by atoms with E-state index in [1.54, 1.807) is 6.92 Å². The van der Waals surface area contributed by atoms with Gasteiger partial charge in [-0.05, 0) is 32.6 Å². The van der Waals surface area contributed by atoms with Gasteiger partial charge in [0.2, 0.25) is 23.8 Å². The van der Waals surface area contributed by atoms with Crippen molar-refractivity contribution in [3.8, 4) is 0 Å². The minimum Gasteiger partial charge on any atom is -0.453 e. The molecule has 2 fully saturated rings. The van der Waals surface area contributed by atoms with Crippen LogP contribution in [0.4, 0.5) is 0 Å². The second-order valence-electron chi connectivity index (χ2n) is 6.88. The van der Waals surface area contributed by atoms with Crippen LogP contribution in [0.1, 0.15) is 39.0 Å². The summed E-state index contributed by atoms with van der Waals surface area (Å²) in [6.45, 7) is 1.61. The highest BCUT2D eigenvalue weighted by Gasteiger charge is 2.79. The number of nitrogens with one attached hydrogen (secondary N) is 1. The average molecular weight is 371 g/mol. The lowest BCUT2D eigenvalue weighted by Crippen LogP contribution is -2.80. The van der Waals surface area contributed by atoms with E-state index in [1.807, 2.05) is 12.2 Å². The molecule has 0 aromatic heterocycles. The minimum absolute atomic E-state index is 0.0523. The number of carbonyl (C=O) groups excluding carboxylic acids is 3. The number of amides is 1. The predicted octanol–water partition coefficient (Wildman–Crippen LogP) is 0.948. The summed E-state index contributed by atoms with van der Waals surface area (Å²) in [6, 6.07) is 0. The van der Waals surface area contributed by atoms with Crippen molar-refractivity contribution in [2.75, 3.05) is 0 Å². The van der Waals surface area contributed by atoms with Crippen molar-refractivity contribution in [1.82, 2.24) is 5.32 Å². The van der Waals surface area contributed by atoms with Crippen LogP contribution in [0.2, 0.25) is 0 Å². The molecule has 0 bridgehead atoms. The molecule has 1 amide bonds. The van der Waals surface area contributed by atoms with E-state index in [4.69, 9.17) is 9.29 Å². The van der Waals surface area contributed by atoms with Crippen molar-refractivity contribution in [2.45, 2.75) is 56.3 Å². The van der Waals surface area contributed by atoms with Crippen LogP contribution in [-0.2, 0) is 23.3 Å². The first-order chi connectivity index (χ1) is 11.9. The number of aliphatic hydroxyl groups is 1. The van der Waals surface area contributed by atoms with Crippen LogP contribution in [0, 0.1) is 11.8 Å². The van der Waals surface area contributed by atoms with Gasteiger partial charge in [0, 0.05) is 12.3 Å². The van der Waals surface area contributed by atoms with Crippen molar-refractivity contribution >= 4 is 30.2 Å². The highest BCUT2D eigenvalue weighted by Crippen LogP contribution is 2.53. The number of aliphatic hydroxyl groups excluding tert-OH is 1. The Labute approximate surface area is 149 Å². The number of hydrogen-bond donors (Lipinski definition) is 3. The number of esters is 1. The fourth-order valence-corrected chi connectivity index (χ4v) is 4.39. The van der Waals surface area contributed by atoms with Crippen LogP contribution in [0.25, 0.3) is 0 Å². The van der Waals surface area contributed by atoms with Gasteiger partial charge in [0.15, 0.2) is 5.60 Å². The van der Waals surface area contributed by atoms with Crippen LogP contribution in [0.5, 0.6) is 0 Å². The fraction of sp³-hybridized carbons (Fsp3) is 0.688. The minimum atomic E-state index is -1.49. The van der Waals surface area contributed by atoms with Gasteiger partial charge in [-0.1, -0.05) is 12.2 Å². The SMILES string of the molecule is C[C@@]12OC(=O)[C@]1([C@@H](O)[C@@H]1C=CCCC1)NC(=O)[C@@H]2CCC(=O)OSO. The monoisotopic (exact) mass is 371 g/mol. The van der Waals surface area contributed by atoms with Crippen molar-refractivity contribution in [1.29, 1.82) is 0 Å².